The molecule has 1 unspecified atom stereocenters. The SMILES string of the molecule is Cn1c2c(c(=O)n(C)c1=O)C(c1cccs1)c1c([nH]c(=O)c(C#N)c1-c1c[nH]c3ccccc13)N2. The van der Waals surface area contributed by atoms with Crippen LogP contribution in [0, 0.1) is 11.3 Å². The summed E-state index contributed by atoms with van der Waals surface area (Å²) in [7, 11) is 3.02. The van der Waals surface area contributed by atoms with Crippen molar-refractivity contribution in [3.63, 3.8) is 0 Å². The monoisotopic (exact) mass is 482 g/mol. The second-order valence-electron chi connectivity index (χ2n) is 8.39. The Balaban J connectivity index is 1.81. The van der Waals surface area contributed by atoms with E-state index in [-0.39, 0.29) is 5.56 Å². The van der Waals surface area contributed by atoms with E-state index in [9.17, 15) is 19.6 Å². The molecule has 0 aliphatic carbocycles. The number of fused-ring (bicyclic) bond motifs is 3. The molecule has 0 fully saturated rings. The van der Waals surface area contributed by atoms with Gasteiger partial charge in [0, 0.05) is 52.8 Å². The van der Waals surface area contributed by atoms with Crippen LogP contribution in [0.3, 0.4) is 0 Å². The van der Waals surface area contributed by atoms with E-state index < -0.39 is 22.7 Å². The van der Waals surface area contributed by atoms with Gasteiger partial charge in [0.2, 0.25) is 0 Å². The molecule has 0 radical (unpaired) electrons. The highest BCUT2D eigenvalue weighted by atomic mass is 32.1. The molecule has 0 amide bonds. The van der Waals surface area contributed by atoms with E-state index in [2.05, 4.69) is 21.4 Å². The first-order chi connectivity index (χ1) is 16.9. The zero-order chi connectivity index (χ0) is 24.4. The zero-order valence-corrected chi connectivity index (χ0v) is 19.5. The zero-order valence-electron chi connectivity index (χ0n) is 18.7. The second kappa shape index (κ2) is 7.44. The quantitative estimate of drug-likeness (QED) is 0.349. The Morgan fingerprint density at radius 2 is 1.83 bits per heavy atom. The van der Waals surface area contributed by atoms with Gasteiger partial charge in [0.25, 0.3) is 11.1 Å². The third kappa shape index (κ3) is 2.82. The molecule has 172 valence electrons. The maximum Gasteiger partial charge on any atom is 0.332 e. The first-order valence-corrected chi connectivity index (χ1v) is 11.7. The number of pyridine rings is 1. The molecular weight excluding hydrogens is 464 g/mol. The second-order valence-corrected chi connectivity index (χ2v) is 9.37. The number of H-pyrrole nitrogens is 2. The molecule has 0 bridgehead atoms. The number of anilines is 2. The third-order valence-electron chi connectivity index (χ3n) is 6.57. The Bertz CT molecular complexity index is 1880. The topological polar surface area (TPSA) is 128 Å². The number of nitrogens with one attached hydrogen (secondary N) is 3. The van der Waals surface area contributed by atoms with Gasteiger partial charge in [-0.05, 0) is 17.5 Å². The van der Waals surface area contributed by atoms with Gasteiger partial charge < -0.3 is 15.3 Å². The fraction of sp³-hybridized carbons (Fsp3) is 0.120. The lowest BCUT2D eigenvalue weighted by Crippen LogP contribution is -2.42. The Hall–Kier alpha value is -4.62. The molecule has 1 atom stereocenters. The smallest absolute Gasteiger partial charge is 0.332 e. The maximum atomic E-state index is 13.5. The highest BCUT2D eigenvalue weighted by Gasteiger charge is 2.37. The molecule has 9 nitrogen and oxygen atoms in total. The third-order valence-corrected chi connectivity index (χ3v) is 7.51. The van der Waals surface area contributed by atoms with Crippen LogP contribution in [0.1, 0.15) is 27.5 Å². The number of rotatable bonds is 2. The minimum Gasteiger partial charge on any atom is -0.361 e. The molecule has 1 aromatic carbocycles. The number of hydrogen-bond acceptors (Lipinski definition) is 6. The van der Waals surface area contributed by atoms with Crippen molar-refractivity contribution in [1.82, 2.24) is 19.1 Å². The van der Waals surface area contributed by atoms with E-state index >= 15 is 0 Å². The van der Waals surface area contributed by atoms with Crippen molar-refractivity contribution in [2.45, 2.75) is 5.92 Å². The van der Waals surface area contributed by atoms with Crippen LogP contribution in [0.25, 0.3) is 22.0 Å². The number of nitriles is 1. The van der Waals surface area contributed by atoms with Crippen molar-refractivity contribution in [3.05, 3.63) is 101 Å². The first-order valence-electron chi connectivity index (χ1n) is 10.8. The van der Waals surface area contributed by atoms with Crippen molar-refractivity contribution in [3.8, 4) is 17.2 Å². The largest absolute Gasteiger partial charge is 0.361 e. The van der Waals surface area contributed by atoms with Crippen molar-refractivity contribution >= 4 is 33.9 Å². The van der Waals surface area contributed by atoms with Crippen LogP contribution in [-0.2, 0) is 14.1 Å². The summed E-state index contributed by atoms with van der Waals surface area (Å²) in [5.41, 5.74) is 1.47. The van der Waals surface area contributed by atoms with Gasteiger partial charge in [-0.1, -0.05) is 24.3 Å². The molecule has 5 aromatic rings. The highest BCUT2D eigenvalue weighted by Crippen LogP contribution is 2.48. The fourth-order valence-electron chi connectivity index (χ4n) is 4.95. The Labute approximate surface area is 201 Å². The average Bonchev–Trinajstić information content (AvgIpc) is 3.54. The normalized spacial score (nSPS) is 14.3. The van der Waals surface area contributed by atoms with Crippen LogP contribution in [0.2, 0.25) is 0 Å². The number of nitrogens with zero attached hydrogens (tertiary/aromatic N) is 3. The van der Waals surface area contributed by atoms with E-state index in [1.807, 2.05) is 41.8 Å². The van der Waals surface area contributed by atoms with E-state index in [0.717, 1.165) is 20.3 Å². The molecule has 35 heavy (non-hydrogen) atoms. The minimum absolute atomic E-state index is 0.0399. The van der Waals surface area contributed by atoms with Gasteiger partial charge in [-0.15, -0.1) is 11.3 Å². The van der Waals surface area contributed by atoms with Gasteiger partial charge >= 0.3 is 5.69 Å². The van der Waals surface area contributed by atoms with Crippen molar-refractivity contribution in [2.24, 2.45) is 14.1 Å². The summed E-state index contributed by atoms with van der Waals surface area (Å²) >= 11 is 1.46. The van der Waals surface area contributed by atoms with Gasteiger partial charge in [-0.3, -0.25) is 18.7 Å². The van der Waals surface area contributed by atoms with E-state index in [4.69, 9.17) is 0 Å². The molecule has 10 heteroatoms. The maximum absolute atomic E-state index is 13.5. The summed E-state index contributed by atoms with van der Waals surface area (Å²) in [5, 5.41) is 15.9. The fourth-order valence-corrected chi connectivity index (χ4v) is 5.80. The molecule has 4 aromatic heterocycles. The lowest BCUT2D eigenvalue weighted by atomic mass is 9.82. The molecular formula is C25H18N6O3S. The number of para-hydroxylation sites is 1. The van der Waals surface area contributed by atoms with Crippen molar-refractivity contribution in [1.29, 1.82) is 5.26 Å². The summed E-state index contributed by atoms with van der Waals surface area (Å²) in [5.74, 6) is 0.0528. The number of aromatic nitrogens is 4. The van der Waals surface area contributed by atoms with Gasteiger partial charge in [-0.2, -0.15) is 5.26 Å². The summed E-state index contributed by atoms with van der Waals surface area (Å²) in [6, 6.07) is 13.5. The standard InChI is InChI=1S/C25H18N6O3S/c1-30-22-20(24(33)31(2)25(30)34)18(16-8-5-9-35-16)19-17(13(10-26)23(32)29-21(19)28-22)14-11-27-15-7-4-3-6-12(14)15/h3-9,11,18,27H,1-2H3,(H2,28,29,32). The van der Waals surface area contributed by atoms with E-state index in [1.54, 1.807) is 13.2 Å². The minimum atomic E-state index is -0.612. The molecule has 1 aliphatic rings. The van der Waals surface area contributed by atoms with Crippen LogP contribution in [-0.4, -0.2) is 19.1 Å². The Kier molecular flexibility index (Phi) is 4.46. The Morgan fingerprint density at radius 1 is 1.03 bits per heavy atom. The van der Waals surface area contributed by atoms with Crippen LogP contribution in [0.5, 0.6) is 0 Å². The van der Waals surface area contributed by atoms with Crippen LogP contribution >= 0.6 is 11.3 Å². The van der Waals surface area contributed by atoms with Gasteiger partial charge in [-0.25, -0.2) is 4.79 Å². The van der Waals surface area contributed by atoms with Gasteiger partial charge in [0.1, 0.15) is 23.3 Å². The van der Waals surface area contributed by atoms with Crippen molar-refractivity contribution < 1.29 is 0 Å². The average molecular weight is 483 g/mol. The van der Waals surface area contributed by atoms with Gasteiger partial charge in [0.15, 0.2) is 0 Å². The highest BCUT2D eigenvalue weighted by molar-refractivity contribution is 7.10. The Morgan fingerprint density at radius 3 is 2.57 bits per heavy atom. The van der Waals surface area contributed by atoms with Crippen LogP contribution < -0.4 is 22.1 Å². The number of benzene rings is 1. The van der Waals surface area contributed by atoms with Gasteiger partial charge in [0.05, 0.1) is 11.5 Å². The summed E-state index contributed by atoms with van der Waals surface area (Å²) < 4.78 is 2.44. The lowest BCUT2D eigenvalue weighted by molar-refractivity contribution is 0.668. The molecule has 6 rings (SSSR count). The molecule has 0 spiro atoms. The summed E-state index contributed by atoms with van der Waals surface area (Å²) in [6.45, 7) is 0. The predicted octanol–water partition coefficient (Wildman–Crippen LogP) is 3.09. The van der Waals surface area contributed by atoms with E-state index in [0.29, 0.717) is 33.9 Å². The molecule has 0 saturated heterocycles. The van der Waals surface area contributed by atoms with Crippen LogP contribution in [0.4, 0.5) is 11.6 Å². The molecule has 0 saturated carbocycles. The first kappa shape index (κ1) is 20.9. The number of thiophene rings is 1. The van der Waals surface area contributed by atoms with Crippen molar-refractivity contribution in [2.75, 3.05) is 5.32 Å². The van der Waals surface area contributed by atoms with E-state index in [1.165, 1.54) is 23.0 Å². The molecule has 1 aliphatic heterocycles. The van der Waals surface area contributed by atoms with Crippen LogP contribution in [0.15, 0.2) is 62.4 Å². The molecule has 5 heterocycles. The number of aromatic amines is 2. The summed E-state index contributed by atoms with van der Waals surface area (Å²) in [4.78, 5) is 46.2. The lowest BCUT2D eigenvalue weighted by Gasteiger charge is -2.31. The predicted molar refractivity (Wildman–Crippen MR) is 135 cm³/mol. The summed E-state index contributed by atoms with van der Waals surface area (Å²) in [6.07, 6.45) is 1.78. The number of hydrogen-bond donors (Lipinski definition) is 3. The molecule has 3 N–H and O–H groups in total.